The van der Waals surface area contributed by atoms with Gasteiger partial charge in [-0.25, -0.2) is 4.39 Å². The predicted molar refractivity (Wildman–Crippen MR) is 98.9 cm³/mol. The number of rotatable bonds is 6. The molecule has 0 spiro atoms. The molecule has 26 heavy (non-hydrogen) atoms. The summed E-state index contributed by atoms with van der Waals surface area (Å²) in [7, 11) is 0. The molecular weight excluding hydrogens is 403 g/mol. The first-order valence-electron chi connectivity index (χ1n) is 8.46. The van der Waals surface area contributed by atoms with E-state index in [1.807, 2.05) is 30.3 Å². The van der Waals surface area contributed by atoms with Gasteiger partial charge >= 0.3 is 5.97 Å². The van der Waals surface area contributed by atoms with Crippen molar-refractivity contribution < 1.29 is 23.8 Å². The van der Waals surface area contributed by atoms with E-state index in [9.17, 15) is 14.3 Å². The minimum Gasteiger partial charge on any atom is -0.489 e. The molecule has 0 unspecified atom stereocenters. The number of carboxylic acid groups (broad SMARTS) is 1. The Morgan fingerprint density at radius 2 is 1.92 bits per heavy atom. The van der Waals surface area contributed by atoms with E-state index in [0.29, 0.717) is 48.4 Å². The molecule has 0 radical (unpaired) electrons. The highest BCUT2D eigenvalue weighted by atomic mass is 79.9. The molecule has 3 rings (SSSR count). The number of benzene rings is 2. The number of ether oxygens (including phenoxy) is 2. The number of aliphatic carboxylic acids is 1. The lowest BCUT2D eigenvalue weighted by atomic mass is 9.71. The second kappa shape index (κ2) is 8.18. The first-order valence-corrected chi connectivity index (χ1v) is 9.25. The van der Waals surface area contributed by atoms with Crippen LogP contribution in [0.15, 0.2) is 46.9 Å². The topological polar surface area (TPSA) is 55.8 Å². The van der Waals surface area contributed by atoms with Crippen LogP contribution in [0, 0.1) is 5.82 Å². The zero-order chi connectivity index (χ0) is 18.6. The minimum atomic E-state index is -0.913. The highest BCUT2D eigenvalue weighted by Gasteiger charge is 2.39. The van der Waals surface area contributed by atoms with Gasteiger partial charge in [-0.05, 0) is 46.5 Å². The Bertz CT molecular complexity index is 773. The summed E-state index contributed by atoms with van der Waals surface area (Å²) < 4.78 is 26.0. The number of hydrogen-bond acceptors (Lipinski definition) is 3. The summed E-state index contributed by atoms with van der Waals surface area (Å²) in [5, 5.41) is 9.43. The fraction of sp³-hybridized carbons (Fsp3) is 0.350. The van der Waals surface area contributed by atoms with Crippen LogP contribution < -0.4 is 4.74 Å². The molecule has 2 aromatic carbocycles. The zero-order valence-electron chi connectivity index (χ0n) is 14.2. The lowest BCUT2D eigenvalue weighted by Crippen LogP contribution is -2.36. The third-order valence-corrected chi connectivity index (χ3v) is 5.38. The Morgan fingerprint density at radius 1 is 1.23 bits per heavy atom. The van der Waals surface area contributed by atoms with Gasteiger partial charge in [0.1, 0.15) is 18.2 Å². The van der Waals surface area contributed by atoms with Crippen LogP contribution in [-0.2, 0) is 21.6 Å². The molecule has 0 bridgehead atoms. The van der Waals surface area contributed by atoms with Gasteiger partial charge in [-0.15, -0.1) is 0 Å². The maximum atomic E-state index is 14.3. The Hall–Kier alpha value is -1.92. The van der Waals surface area contributed by atoms with Crippen LogP contribution in [0.25, 0.3) is 0 Å². The van der Waals surface area contributed by atoms with Crippen molar-refractivity contribution >= 4 is 21.9 Å². The predicted octanol–water partition coefficient (Wildman–Crippen LogP) is 4.69. The van der Waals surface area contributed by atoms with Gasteiger partial charge in [0, 0.05) is 24.2 Å². The molecule has 1 N–H and O–H groups in total. The average molecular weight is 423 g/mol. The number of carbonyl (C=O) groups is 1. The molecule has 1 heterocycles. The van der Waals surface area contributed by atoms with Crippen molar-refractivity contribution in [2.75, 3.05) is 13.2 Å². The van der Waals surface area contributed by atoms with Crippen molar-refractivity contribution in [3.63, 3.8) is 0 Å². The average Bonchev–Trinajstić information content (AvgIpc) is 2.63. The van der Waals surface area contributed by atoms with E-state index in [-0.39, 0.29) is 6.42 Å². The normalized spacial score (nSPS) is 16.2. The van der Waals surface area contributed by atoms with E-state index in [1.54, 1.807) is 6.07 Å². The van der Waals surface area contributed by atoms with E-state index in [1.165, 1.54) is 6.07 Å². The van der Waals surface area contributed by atoms with E-state index >= 15 is 0 Å². The smallest absolute Gasteiger partial charge is 0.304 e. The molecule has 138 valence electrons. The molecule has 0 aliphatic carbocycles. The lowest BCUT2D eigenvalue weighted by Gasteiger charge is -2.37. The Morgan fingerprint density at radius 3 is 2.58 bits per heavy atom. The Balaban J connectivity index is 1.98. The fourth-order valence-corrected chi connectivity index (χ4v) is 3.71. The quantitative estimate of drug-likeness (QED) is 0.733. The summed E-state index contributed by atoms with van der Waals surface area (Å²) >= 11 is 3.20. The third-order valence-electron chi connectivity index (χ3n) is 4.77. The van der Waals surface area contributed by atoms with E-state index < -0.39 is 17.2 Å². The van der Waals surface area contributed by atoms with Crippen molar-refractivity contribution in [3.8, 4) is 5.75 Å². The van der Waals surface area contributed by atoms with Crippen molar-refractivity contribution in [3.05, 3.63) is 63.9 Å². The van der Waals surface area contributed by atoms with Crippen LogP contribution in [0.5, 0.6) is 5.75 Å². The van der Waals surface area contributed by atoms with E-state index in [4.69, 9.17) is 9.47 Å². The molecule has 1 aliphatic heterocycles. The van der Waals surface area contributed by atoms with Crippen LogP contribution in [0.3, 0.4) is 0 Å². The van der Waals surface area contributed by atoms with Crippen molar-refractivity contribution in [2.45, 2.75) is 31.3 Å². The largest absolute Gasteiger partial charge is 0.489 e. The van der Waals surface area contributed by atoms with Gasteiger partial charge in [-0.3, -0.25) is 4.79 Å². The molecule has 0 saturated carbocycles. The highest BCUT2D eigenvalue weighted by molar-refractivity contribution is 9.10. The van der Waals surface area contributed by atoms with E-state index in [0.717, 1.165) is 5.56 Å². The first-order chi connectivity index (χ1) is 12.5. The molecular formula is C20H20BrFO4. The van der Waals surface area contributed by atoms with Gasteiger partial charge in [0.15, 0.2) is 0 Å². The number of halogens is 2. The maximum absolute atomic E-state index is 14.3. The minimum absolute atomic E-state index is 0.0842. The van der Waals surface area contributed by atoms with Gasteiger partial charge in [-0.2, -0.15) is 0 Å². The highest BCUT2D eigenvalue weighted by Crippen LogP contribution is 2.44. The van der Waals surface area contributed by atoms with E-state index in [2.05, 4.69) is 15.9 Å². The van der Waals surface area contributed by atoms with Gasteiger partial charge in [-0.1, -0.05) is 30.3 Å². The summed E-state index contributed by atoms with van der Waals surface area (Å²) in [6, 6.07) is 12.6. The second-order valence-electron chi connectivity index (χ2n) is 6.50. The standard InChI is InChI=1S/C20H20BrFO4/c21-16-11-18(26-13-14-4-2-1-3-5-14)15(10-17(16)22)20(12-19(23)24)6-8-25-9-7-20/h1-5,10-11H,6-9,12-13H2,(H,23,24). The molecule has 0 atom stereocenters. The molecule has 0 amide bonds. The van der Waals surface area contributed by atoms with Crippen LogP contribution in [0.1, 0.15) is 30.4 Å². The summed E-state index contributed by atoms with van der Waals surface area (Å²) in [5.74, 6) is -0.835. The number of carboxylic acids is 1. The fourth-order valence-electron chi connectivity index (χ4n) is 3.39. The van der Waals surface area contributed by atoms with Crippen molar-refractivity contribution in [1.29, 1.82) is 0 Å². The van der Waals surface area contributed by atoms with Crippen molar-refractivity contribution in [1.82, 2.24) is 0 Å². The molecule has 1 saturated heterocycles. The van der Waals surface area contributed by atoms with Gasteiger partial charge in [0.2, 0.25) is 0 Å². The van der Waals surface area contributed by atoms with Crippen molar-refractivity contribution in [2.24, 2.45) is 0 Å². The SMILES string of the molecule is O=C(O)CC1(c2cc(F)c(Br)cc2OCc2ccccc2)CCOCC1. The van der Waals surface area contributed by atoms with Crippen LogP contribution in [0.2, 0.25) is 0 Å². The van der Waals surface area contributed by atoms with Gasteiger partial charge in [0.25, 0.3) is 0 Å². The first kappa shape index (κ1) is 18.9. The summed E-state index contributed by atoms with van der Waals surface area (Å²) in [6.45, 7) is 1.22. The Labute approximate surface area is 160 Å². The third kappa shape index (κ3) is 4.24. The summed E-state index contributed by atoms with van der Waals surface area (Å²) in [6.07, 6.45) is 0.948. The van der Waals surface area contributed by atoms with Gasteiger partial charge in [0.05, 0.1) is 10.9 Å². The maximum Gasteiger partial charge on any atom is 0.304 e. The summed E-state index contributed by atoms with van der Waals surface area (Å²) in [5.41, 5.74) is 0.885. The second-order valence-corrected chi connectivity index (χ2v) is 7.35. The Kier molecular flexibility index (Phi) is 5.94. The molecule has 1 fully saturated rings. The lowest BCUT2D eigenvalue weighted by molar-refractivity contribution is -0.139. The molecule has 2 aromatic rings. The monoisotopic (exact) mass is 422 g/mol. The molecule has 6 heteroatoms. The van der Waals surface area contributed by atoms with Crippen LogP contribution in [-0.4, -0.2) is 24.3 Å². The molecule has 4 nitrogen and oxygen atoms in total. The zero-order valence-corrected chi connectivity index (χ0v) is 15.8. The number of hydrogen-bond donors (Lipinski definition) is 1. The van der Waals surface area contributed by atoms with Crippen LogP contribution in [0.4, 0.5) is 4.39 Å². The van der Waals surface area contributed by atoms with Gasteiger partial charge < -0.3 is 14.6 Å². The van der Waals surface area contributed by atoms with Crippen LogP contribution >= 0.6 is 15.9 Å². The summed E-state index contributed by atoms with van der Waals surface area (Å²) in [4.78, 5) is 11.5. The molecule has 1 aliphatic rings. The molecule has 0 aromatic heterocycles.